The van der Waals surface area contributed by atoms with Gasteiger partial charge in [-0.15, -0.1) is 11.3 Å². The normalized spacial score (nSPS) is 11.9. The van der Waals surface area contributed by atoms with Gasteiger partial charge in [0.1, 0.15) is 0 Å². The van der Waals surface area contributed by atoms with E-state index < -0.39 is 12.1 Å². The molecule has 2 amide bonds. The van der Waals surface area contributed by atoms with Gasteiger partial charge >= 0.3 is 57.4 Å². The average molecular weight is 276 g/mol. The summed E-state index contributed by atoms with van der Waals surface area (Å²) in [6.07, 6.45) is 0. The fourth-order valence-electron chi connectivity index (χ4n) is 1.52. The molecule has 0 spiro atoms. The van der Waals surface area contributed by atoms with Gasteiger partial charge in [0, 0.05) is 9.58 Å². The van der Waals surface area contributed by atoms with Crippen LogP contribution in [0.15, 0.2) is 30.3 Å². The minimum atomic E-state index is -0.843. The van der Waals surface area contributed by atoms with Gasteiger partial charge in [0.05, 0.1) is 6.04 Å². The Morgan fingerprint density at radius 2 is 2.12 bits per heavy atom. The van der Waals surface area contributed by atoms with Crippen LogP contribution in [-0.4, -0.2) is 67.7 Å². The second-order valence-electron chi connectivity index (χ2n) is 3.55. The maximum absolute atomic E-state index is 10.8. The number of carbonyl (C=O) groups excluding carboxylic acids is 1. The van der Waals surface area contributed by atoms with Gasteiger partial charge in [-0.05, 0) is 24.4 Å². The number of hydroxylamine groups is 2. The predicted molar refractivity (Wildman–Crippen MR) is 70.6 cm³/mol. The number of nitrogens with zero attached hydrogens (tertiary/aromatic N) is 1. The van der Waals surface area contributed by atoms with Crippen LogP contribution in [0.5, 0.6) is 0 Å². The van der Waals surface area contributed by atoms with E-state index in [2.05, 4.69) is 0 Å². The van der Waals surface area contributed by atoms with Crippen molar-refractivity contribution in [3.05, 3.63) is 35.2 Å². The number of amides is 2. The zero-order valence-corrected chi connectivity index (χ0v) is 9.57. The molecule has 0 radical (unpaired) electrons. The third-order valence-electron chi connectivity index (χ3n) is 2.45. The molecule has 2 aromatic rings. The number of hydrogen-bond acceptors (Lipinski definition) is 3. The summed E-state index contributed by atoms with van der Waals surface area (Å²) in [5.74, 6) is 0. The van der Waals surface area contributed by atoms with E-state index in [4.69, 9.17) is 5.73 Å². The van der Waals surface area contributed by atoms with Gasteiger partial charge in [-0.3, -0.25) is 5.21 Å². The van der Waals surface area contributed by atoms with Crippen molar-refractivity contribution in [1.29, 1.82) is 0 Å². The fourth-order valence-corrected chi connectivity index (χ4v) is 2.62. The Bertz CT molecular complexity index is 496. The first-order valence-corrected chi connectivity index (χ1v) is 5.67. The number of primary amides is 1. The van der Waals surface area contributed by atoms with E-state index in [0.717, 1.165) is 15.0 Å². The zero-order valence-electron chi connectivity index (χ0n) is 8.75. The molecule has 86 valence electrons. The Morgan fingerprint density at radius 3 is 2.71 bits per heavy atom. The van der Waals surface area contributed by atoms with Crippen molar-refractivity contribution in [2.75, 3.05) is 0 Å². The van der Waals surface area contributed by atoms with E-state index in [1.807, 2.05) is 30.3 Å². The molecule has 0 saturated heterocycles. The van der Waals surface area contributed by atoms with Crippen molar-refractivity contribution in [1.82, 2.24) is 5.06 Å². The van der Waals surface area contributed by atoms with Gasteiger partial charge < -0.3 is 5.73 Å². The molecule has 1 heterocycles. The Hall–Kier alpha value is 0.0464. The monoisotopic (exact) mass is 276 g/mol. The summed E-state index contributed by atoms with van der Waals surface area (Å²) in [5, 5.41) is 11.1. The third-order valence-corrected chi connectivity index (χ3v) is 3.74. The van der Waals surface area contributed by atoms with Crippen molar-refractivity contribution in [2.45, 2.75) is 13.0 Å². The second kappa shape index (κ2) is 6.28. The van der Waals surface area contributed by atoms with Crippen LogP contribution in [0, 0.1) is 0 Å². The van der Waals surface area contributed by atoms with Crippen LogP contribution in [-0.2, 0) is 0 Å². The molecule has 0 aliphatic heterocycles. The van der Waals surface area contributed by atoms with E-state index in [0.29, 0.717) is 5.06 Å². The first kappa shape index (κ1) is 15.1. The van der Waals surface area contributed by atoms with E-state index in [1.165, 1.54) is 0 Å². The van der Waals surface area contributed by atoms with Crippen LogP contribution in [0.25, 0.3) is 10.1 Å². The van der Waals surface area contributed by atoms with Crippen LogP contribution in [0.4, 0.5) is 4.79 Å². The Balaban J connectivity index is 0.00000144. The maximum atomic E-state index is 10.8. The van der Waals surface area contributed by atoms with Crippen LogP contribution in [0.1, 0.15) is 17.8 Å². The fraction of sp³-hybridized carbons (Fsp3) is 0.182. The molecule has 3 N–H and O–H groups in total. The van der Waals surface area contributed by atoms with Gasteiger partial charge in [0.25, 0.3) is 0 Å². The number of nitrogens with two attached hydrogens (primary N) is 1. The molecule has 17 heavy (non-hydrogen) atoms. The number of thiophene rings is 1. The average Bonchev–Trinajstić information content (AvgIpc) is 2.70. The second-order valence-corrected chi connectivity index (χ2v) is 4.66. The van der Waals surface area contributed by atoms with Crippen LogP contribution < -0.4 is 5.73 Å². The summed E-state index contributed by atoms with van der Waals surface area (Å²) in [7, 11) is 0. The molecule has 0 saturated carbocycles. The van der Waals surface area contributed by atoms with Crippen molar-refractivity contribution in [3.63, 3.8) is 0 Å². The Labute approximate surface area is 146 Å². The minimum absolute atomic E-state index is 0. The van der Waals surface area contributed by atoms with Crippen molar-refractivity contribution < 1.29 is 10.0 Å². The number of hydrogen-bond donors (Lipinski definition) is 2. The summed E-state index contributed by atoms with van der Waals surface area (Å²) in [6.45, 7) is 1.73. The predicted octanol–water partition coefficient (Wildman–Crippen LogP) is 2.08. The van der Waals surface area contributed by atoms with Crippen molar-refractivity contribution in [2.24, 2.45) is 5.73 Å². The van der Waals surface area contributed by atoms with Crippen LogP contribution >= 0.6 is 11.3 Å². The summed E-state index contributed by atoms with van der Waals surface area (Å²) >= 11 is 1.54. The van der Waals surface area contributed by atoms with Gasteiger partial charge in [0.15, 0.2) is 0 Å². The Morgan fingerprint density at radius 1 is 1.47 bits per heavy atom. The molecular weight excluding hydrogens is 263 g/mol. The quantitative estimate of drug-likeness (QED) is 0.501. The van der Waals surface area contributed by atoms with Crippen molar-refractivity contribution in [3.8, 4) is 0 Å². The van der Waals surface area contributed by atoms with E-state index >= 15 is 0 Å². The SMILES string of the molecule is CC(c1cc2ccccc2s1)N(O)C(N)=O.[KH]. The summed E-state index contributed by atoms with van der Waals surface area (Å²) < 4.78 is 1.13. The molecule has 1 aromatic heterocycles. The molecule has 0 aliphatic carbocycles. The molecule has 0 bridgehead atoms. The van der Waals surface area contributed by atoms with Crippen LogP contribution in [0.3, 0.4) is 0 Å². The van der Waals surface area contributed by atoms with E-state index in [-0.39, 0.29) is 51.4 Å². The molecule has 4 nitrogen and oxygen atoms in total. The summed E-state index contributed by atoms with van der Waals surface area (Å²) in [4.78, 5) is 11.7. The van der Waals surface area contributed by atoms with Gasteiger partial charge in [0.2, 0.25) is 0 Å². The Kier molecular flexibility index (Phi) is 5.58. The van der Waals surface area contributed by atoms with Gasteiger partial charge in [-0.2, -0.15) is 5.06 Å². The molecule has 1 atom stereocenters. The molecular formula is C11H13KN2O2S. The standard InChI is InChI=1S/C11H12N2O2S.K.H/c1-7(13(15)11(12)14)10-6-8-4-2-3-5-9(8)16-10;;/h2-7,15H,1H3,(H2,12,14);;. The molecule has 0 fully saturated rings. The van der Waals surface area contributed by atoms with Crippen molar-refractivity contribution >= 4 is 78.8 Å². The molecule has 1 aromatic carbocycles. The number of urea groups is 1. The number of benzene rings is 1. The number of rotatable bonds is 2. The topological polar surface area (TPSA) is 66.6 Å². The van der Waals surface area contributed by atoms with Gasteiger partial charge in [-0.25, -0.2) is 4.79 Å². The zero-order chi connectivity index (χ0) is 11.7. The summed E-state index contributed by atoms with van der Waals surface area (Å²) in [6, 6.07) is 8.60. The number of carbonyl (C=O) groups is 1. The van der Waals surface area contributed by atoms with Crippen LogP contribution in [0.2, 0.25) is 0 Å². The third kappa shape index (κ3) is 3.28. The molecule has 6 heteroatoms. The first-order valence-electron chi connectivity index (χ1n) is 4.85. The first-order chi connectivity index (χ1) is 7.59. The number of fused-ring (bicyclic) bond motifs is 1. The van der Waals surface area contributed by atoms with E-state index in [1.54, 1.807) is 18.3 Å². The summed E-state index contributed by atoms with van der Waals surface area (Å²) in [5.41, 5.74) is 5.01. The molecule has 2 rings (SSSR count). The van der Waals surface area contributed by atoms with Gasteiger partial charge in [-0.1, -0.05) is 18.2 Å². The molecule has 0 aliphatic rings. The van der Waals surface area contributed by atoms with E-state index in [9.17, 15) is 10.0 Å². The molecule has 1 unspecified atom stereocenters.